The first-order valence-electron chi connectivity index (χ1n) is 9.16. The Morgan fingerprint density at radius 3 is 2.33 bits per heavy atom. The van der Waals surface area contributed by atoms with Crippen molar-refractivity contribution in [1.29, 1.82) is 0 Å². The molecule has 0 saturated carbocycles. The zero-order valence-corrected chi connectivity index (χ0v) is 15.2. The number of amides is 1. The Labute approximate surface area is 148 Å². The molecule has 1 atom stereocenters. The largest absolute Gasteiger partial charge is 0.386 e. The molecule has 2 aliphatic rings. The van der Waals surface area contributed by atoms with Crippen LogP contribution < -0.4 is 0 Å². The van der Waals surface area contributed by atoms with Crippen molar-refractivity contribution < 1.29 is 9.90 Å². The molecular weight excluding hydrogens is 322 g/mol. The molecule has 0 bridgehead atoms. The number of thiophene rings is 1. The lowest BCUT2D eigenvalue weighted by Gasteiger charge is -2.36. The summed E-state index contributed by atoms with van der Waals surface area (Å²) in [5.74, 6) is 0.295. The Kier molecular flexibility index (Phi) is 6.66. The lowest BCUT2D eigenvalue weighted by molar-refractivity contribution is -0.132. The van der Waals surface area contributed by atoms with Crippen LogP contribution in [0.25, 0.3) is 0 Å². The highest BCUT2D eigenvalue weighted by atomic mass is 32.1. The maximum Gasteiger partial charge on any atom is 0.236 e. The Balaban J connectivity index is 1.39. The molecule has 3 heterocycles. The maximum atomic E-state index is 12.5. The molecule has 0 aromatic carbocycles. The van der Waals surface area contributed by atoms with E-state index in [1.165, 1.54) is 12.8 Å². The summed E-state index contributed by atoms with van der Waals surface area (Å²) in [7, 11) is 0. The van der Waals surface area contributed by atoms with E-state index in [4.69, 9.17) is 0 Å². The van der Waals surface area contributed by atoms with Crippen LogP contribution in [0.1, 0.15) is 36.7 Å². The first-order valence-corrected chi connectivity index (χ1v) is 10.0. The van der Waals surface area contributed by atoms with E-state index in [0.717, 1.165) is 57.0 Å². The van der Waals surface area contributed by atoms with Crippen LogP contribution in [0, 0.1) is 0 Å². The molecule has 2 fully saturated rings. The van der Waals surface area contributed by atoms with E-state index in [0.29, 0.717) is 19.0 Å². The first kappa shape index (κ1) is 17.9. The fraction of sp³-hybridized carbons (Fsp3) is 0.722. The third kappa shape index (κ3) is 5.02. The molecule has 2 aliphatic heterocycles. The Hall–Kier alpha value is -0.950. The van der Waals surface area contributed by atoms with Gasteiger partial charge in [0.1, 0.15) is 6.10 Å². The number of carbonyl (C=O) groups excluding carboxylic acids is 1. The Morgan fingerprint density at radius 1 is 1.04 bits per heavy atom. The van der Waals surface area contributed by atoms with Gasteiger partial charge < -0.3 is 10.0 Å². The van der Waals surface area contributed by atoms with Gasteiger partial charge in [-0.3, -0.25) is 14.6 Å². The van der Waals surface area contributed by atoms with Crippen LogP contribution in [0.3, 0.4) is 0 Å². The highest BCUT2D eigenvalue weighted by molar-refractivity contribution is 7.10. The van der Waals surface area contributed by atoms with E-state index in [1.807, 2.05) is 17.5 Å². The smallest absolute Gasteiger partial charge is 0.236 e. The summed E-state index contributed by atoms with van der Waals surface area (Å²) in [4.78, 5) is 20.1. The Bertz CT molecular complexity index is 492. The van der Waals surface area contributed by atoms with Crippen molar-refractivity contribution in [3.8, 4) is 0 Å². The van der Waals surface area contributed by atoms with Gasteiger partial charge in [0.25, 0.3) is 0 Å². The van der Waals surface area contributed by atoms with Crippen LogP contribution in [0.5, 0.6) is 0 Å². The van der Waals surface area contributed by atoms with Crippen molar-refractivity contribution in [2.45, 2.75) is 31.8 Å². The zero-order valence-electron chi connectivity index (χ0n) is 14.4. The number of likely N-dealkylation sites (tertiary alicyclic amines) is 1. The SMILES string of the molecule is O=C(CN1CCN(C[C@H](O)c2cccs2)CC1)N1CCCCCC1. The van der Waals surface area contributed by atoms with Crippen LogP contribution in [-0.4, -0.2) is 78.1 Å². The second-order valence-corrected chi connectivity index (χ2v) is 7.88. The van der Waals surface area contributed by atoms with Gasteiger partial charge in [0, 0.05) is 50.7 Å². The van der Waals surface area contributed by atoms with Gasteiger partial charge in [-0.25, -0.2) is 0 Å². The topological polar surface area (TPSA) is 47.0 Å². The fourth-order valence-electron chi connectivity index (χ4n) is 3.56. The molecule has 2 saturated heterocycles. The van der Waals surface area contributed by atoms with Gasteiger partial charge in [0.15, 0.2) is 0 Å². The molecule has 134 valence electrons. The molecule has 5 nitrogen and oxygen atoms in total. The van der Waals surface area contributed by atoms with Crippen LogP contribution in [0.2, 0.25) is 0 Å². The molecule has 24 heavy (non-hydrogen) atoms. The average Bonchev–Trinajstić information content (AvgIpc) is 2.99. The summed E-state index contributed by atoms with van der Waals surface area (Å²) in [6.07, 6.45) is 4.43. The number of hydrogen-bond donors (Lipinski definition) is 1. The second kappa shape index (κ2) is 8.94. The van der Waals surface area contributed by atoms with Gasteiger partial charge in [0.2, 0.25) is 5.91 Å². The highest BCUT2D eigenvalue weighted by Crippen LogP contribution is 2.20. The van der Waals surface area contributed by atoms with Gasteiger partial charge >= 0.3 is 0 Å². The molecule has 6 heteroatoms. The summed E-state index contributed by atoms with van der Waals surface area (Å²) in [6, 6.07) is 3.97. The average molecular weight is 352 g/mol. The van der Waals surface area contributed by atoms with Crippen LogP contribution in [0.4, 0.5) is 0 Å². The number of carbonyl (C=O) groups is 1. The summed E-state index contributed by atoms with van der Waals surface area (Å²) in [5.41, 5.74) is 0. The van der Waals surface area contributed by atoms with Gasteiger partial charge in [0.05, 0.1) is 6.54 Å². The Morgan fingerprint density at radius 2 is 1.71 bits per heavy atom. The summed E-state index contributed by atoms with van der Waals surface area (Å²) >= 11 is 1.61. The quantitative estimate of drug-likeness (QED) is 0.879. The first-order chi connectivity index (χ1) is 11.7. The summed E-state index contributed by atoms with van der Waals surface area (Å²) < 4.78 is 0. The minimum atomic E-state index is -0.393. The van der Waals surface area contributed by atoms with Crippen molar-refractivity contribution in [2.75, 3.05) is 52.4 Å². The molecule has 1 aromatic heterocycles. The van der Waals surface area contributed by atoms with E-state index in [2.05, 4.69) is 14.7 Å². The molecule has 1 amide bonds. The maximum absolute atomic E-state index is 12.5. The van der Waals surface area contributed by atoms with Crippen LogP contribution >= 0.6 is 11.3 Å². The standard InChI is InChI=1S/C18H29N3O2S/c22-16(17-6-5-13-24-17)14-19-9-11-20(12-10-19)15-18(23)21-7-3-1-2-4-8-21/h5-6,13,16,22H,1-4,7-12,14-15H2/t16-/m0/s1. The summed E-state index contributed by atoms with van der Waals surface area (Å²) in [6.45, 7) is 6.80. The van der Waals surface area contributed by atoms with E-state index >= 15 is 0 Å². The van der Waals surface area contributed by atoms with Crippen molar-refractivity contribution in [1.82, 2.24) is 14.7 Å². The molecule has 3 rings (SSSR count). The van der Waals surface area contributed by atoms with E-state index in [1.54, 1.807) is 11.3 Å². The summed E-state index contributed by atoms with van der Waals surface area (Å²) in [5, 5.41) is 12.3. The minimum absolute atomic E-state index is 0.295. The molecule has 1 N–H and O–H groups in total. The molecular formula is C18H29N3O2S. The van der Waals surface area contributed by atoms with Crippen molar-refractivity contribution in [2.24, 2.45) is 0 Å². The second-order valence-electron chi connectivity index (χ2n) is 6.90. The lowest BCUT2D eigenvalue weighted by Crippen LogP contribution is -2.50. The number of β-amino-alcohol motifs (C(OH)–C–C–N with tert-alkyl or cyclic N) is 1. The van der Waals surface area contributed by atoms with Gasteiger partial charge in [-0.15, -0.1) is 11.3 Å². The number of aliphatic hydroxyl groups is 1. The number of piperazine rings is 1. The van der Waals surface area contributed by atoms with E-state index in [-0.39, 0.29) is 0 Å². The minimum Gasteiger partial charge on any atom is -0.386 e. The number of nitrogens with zero attached hydrogens (tertiary/aromatic N) is 3. The van der Waals surface area contributed by atoms with Crippen LogP contribution in [-0.2, 0) is 4.79 Å². The molecule has 1 aromatic rings. The predicted octanol–water partition coefficient (Wildman–Crippen LogP) is 1.80. The van der Waals surface area contributed by atoms with Crippen LogP contribution in [0.15, 0.2) is 17.5 Å². The molecule has 0 unspecified atom stereocenters. The van der Waals surface area contributed by atoms with E-state index in [9.17, 15) is 9.90 Å². The van der Waals surface area contributed by atoms with E-state index < -0.39 is 6.10 Å². The lowest BCUT2D eigenvalue weighted by atomic mass is 10.2. The monoisotopic (exact) mass is 351 g/mol. The predicted molar refractivity (Wildman–Crippen MR) is 97.2 cm³/mol. The van der Waals surface area contributed by atoms with Gasteiger partial charge in [-0.2, -0.15) is 0 Å². The normalized spacial score (nSPS) is 22.3. The van der Waals surface area contributed by atoms with Gasteiger partial charge in [-0.1, -0.05) is 18.9 Å². The number of aliphatic hydroxyl groups excluding tert-OH is 1. The number of hydrogen-bond acceptors (Lipinski definition) is 5. The van der Waals surface area contributed by atoms with Crippen molar-refractivity contribution in [3.05, 3.63) is 22.4 Å². The third-order valence-electron chi connectivity index (χ3n) is 5.09. The zero-order chi connectivity index (χ0) is 16.8. The van der Waals surface area contributed by atoms with Crippen molar-refractivity contribution in [3.63, 3.8) is 0 Å². The van der Waals surface area contributed by atoms with Crippen molar-refractivity contribution >= 4 is 17.2 Å². The molecule has 0 aliphatic carbocycles. The molecule has 0 spiro atoms. The third-order valence-corrected chi connectivity index (χ3v) is 6.06. The number of rotatable bonds is 5. The highest BCUT2D eigenvalue weighted by Gasteiger charge is 2.23. The molecule has 0 radical (unpaired) electrons. The van der Waals surface area contributed by atoms with Gasteiger partial charge in [-0.05, 0) is 24.3 Å². The fourth-order valence-corrected chi connectivity index (χ4v) is 4.26.